The van der Waals surface area contributed by atoms with Crippen molar-refractivity contribution in [2.75, 3.05) is 0 Å². The highest BCUT2D eigenvalue weighted by Crippen LogP contribution is 2.35. The van der Waals surface area contributed by atoms with Crippen LogP contribution >= 0.6 is 15.9 Å². The Labute approximate surface area is 111 Å². The molecule has 3 nitrogen and oxygen atoms in total. The molecule has 0 spiro atoms. The first-order valence-electron chi connectivity index (χ1n) is 5.05. The second-order valence-corrected chi connectivity index (χ2v) is 5.43. The molecule has 0 unspecified atom stereocenters. The fraction of sp³-hybridized carbons (Fsp3) is 0.455. The molecular weight excluding hydrogens is 313 g/mol. The van der Waals surface area contributed by atoms with E-state index in [1.165, 1.54) is 0 Å². The Kier molecular flexibility index (Phi) is 4.05. The molecule has 1 aromatic heterocycles. The zero-order chi connectivity index (χ0) is 14.1. The Morgan fingerprint density at radius 2 is 2.00 bits per heavy atom. The second-order valence-electron chi connectivity index (χ2n) is 4.58. The van der Waals surface area contributed by atoms with Gasteiger partial charge in [-0.25, -0.2) is 0 Å². The minimum Gasteiger partial charge on any atom is -0.369 e. The molecule has 2 N–H and O–H groups in total. The Bertz CT molecular complexity index is 472. The standard InChI is InChI=1S/C11H12BrF3N2O/c1-10(2,9(16)18)4-6-3-7(11(13,14)15)8(12)5-17-6/h3,5H,4H2,1-2H3,(H2,16,18). The molecule has 0 bridgehead atoms. The fourth-order valence-electron chi connectivity index (χ4n) is 1.34. The second kappa shape index (κ2) is 4.87. The number of amides is 1. The number of alkyl halides is 3. The van der Waals surface area contributed by atoms with Crippen LogP contribution in [0.4, 0.5) is 13.2 Å². The summed E-state index contributed by atoms with van der Waals surface area (Å²) in [4.78, 5) is 15.0. The molecule has 18 heavy (non-hydrogen) atoms. The predicted octanol–water partition coefficient (Wildman–Crippen LogP) is 2.92. The van der Waals surface area contributed by atoms with Crippen molar-refractivity contribution in [1.29, 1.82) is 0 Å². The van der Waals surface area contributed by atoms with Gasteiger partial charge in [0, 0.05) is 28.2 Å². The van der Waals surface area contributed by atoms with Gasteiger partial charge in [-0.2, -0.15) is 13.2 Å². The summed E-state index contributed by atoms with van der Waals surface area (Å²) < 4.78 is 37.9. The molecule has 0 aliphatic heterocycles. The molecule has 0 aromatic carbocycles. The number of carbonyl (C=O) groups is 1. The van der Waals surface area contributed by atoms with Gasteiger partial charge in [0.15, 0.2) is 0 Å². The number of aromatic nitrogens is 1. The van der Waals surface area contributed by atoms with Crippen molar-refractivity contribution in [2.24, 2.45) is 11.1 Å². The normalized spacial score (nSPS) is 12.6. The molecule has 0 saturated heterocycles. The van der Waals surface area contributed by atoms with Crippen LogP contribution in [0.25, 0.3) is 0 Å². The summed E-state index contributed by atoms with van der Waals surface area (Å²) in [6.07, 6.45) is -3.33. The Balaban J connectivity index is 3.11. The zero-order valence-electron chi connectivity index (χ0n) is 9.81. The van der Waals surface area contributed by atoms with Crippen LogP contribution in [0.3, 0.4) is 0 Å². The summed E-state index contributed by atoms with van der Waals surface area (Å²) in [6, 6.07) is 0.925. The lowest BCUT2D eigenvalue weighted by Gasteiger charge is -2.20. The third-order valence-corrected chi connectivity index (χ3v) is 3.14. The van der Waals surface area contributed by atoms with E-state index in [0.717, 1.165) is 12.3 Å². The minimum absolute atomic E-state index is 0.0543. The zero-order valence-corrected chi connectivity index (χ0v) is 11.4. The molecule has 1 rings (SSSR count). The molecule has 0 aliphatic carbocycles. The number of hydrogen-bond acceptors (Lipinski definition) is 2. The number of halogens is 4. The van der Waals surface area contributed by atoms with E-state index in [0.29, 0.717) is 0 Å². The predicted molar refractivity (Wildman–Crippen MR) is 63.6 cm³/mol. The van der Waals surface area contributed by atoms with Crippen LogP contribution in [-0.2, 0) is 17.4 Å². The van der Waals surface area contributed by atoms with Gasteiger partial charge in [0.05, 0.1) is 5.56 Å². The van der Waals surface area contributed by atoms with Crippen LogP contribution in [0.5, 0.6) is 0 Å². The Morgan fingerprint density at radius 1 is 1.44 bits per heavy atom. The summed E-state index contributed by atoms with van der Waals surface area (Å²) in [5, 5.41) is 0. The number of hydrogen-bond donors (Lipinski definition) is 1. The largest absolute Gasteiger partial charge is 0.417 e. The number of primary amides is 1. The maximum Gasteiger partial charge on any atom is 0.417 e. The Hall–Kier alpha value is -1.11. The van der Waals surface area contributed by atoms with E-state index >= 15 is 0 Å². The third kappa shape index (κ3) is 3.44. The van der Waals surface area contributed by atoms with Gasteiger partial charge in [-0.05, 0) is 22.0 Å². The number of pyridine rings is 1. The lowest BCUT2D eigenvalue weighted by Crippen LogP contribution is -2.33. The van der Waals surface area contributed by atoms with Gasteiger partial charge < -0.3 is 5.73 Å². The monoisotopic (exact) mass is 324 g/mol. The Morgan fingerprint density at radius 3 is 2.44 bits per heavy atom. The topological polar surface area (TPSA) is 56.0 Å². The van der Waals surface area contributed by atoms with E-state index < -0.39 is 23.1 Å². The van der Waals surface area contributed by atoms with E-state index in [2.05, 4.69) is 20.9 Å². The average molecular weight is 325 g/mol. The van der Waals surface area contributed by atoms with Crippen LogP contribution in [0.2, 0.25) is 0 Å². The summed E-state index contributed by atoms with van der Waals surface area (Å²) in [7, 11) is 0. The molecule has 100 valence electrons. The van der Waals surface area contributed by atoms with Crippen molar-refractivity contribution in [3.8, 4) is 0 Å². The van der Waals surface area contributed by atoms with Crippen molar-refractivity contribution >= 4 is 21.8 Å². The third-order valence-electron chi connectivity index (χ3n) is 2.51. The highest BCUT2D eigenvalue weighted by molar-refractivity contribution is 9.10. The van der Waals surface area contributed by atoms with Crippen molar-refractivity contribution in [2.45, 2.75) is 26.4 Å². The summed E-state index contributed by atoms with van der Waals surface area (Å²) >= 11 is 2.80. The van der Waals surface area contributed by atoms with E-state index in [-0.39, 0.29) is 16.6 Å². The van der Waals surface area contributed by atoms with Crippen LogP contribution in [0.1, 0.15) is 25.1 Å². The van der Waals surface area contributed by atoms with Gasteiger partial charge in [0.25, 0.3) is 0 Å². The van der Waals surface area contributed by atoms with Gasteiger partial charge in [-0.3, -0.25) is 9.78 Å². The number of nitrogens with two attached hydrogens (primary N) is 1. The highest BCUT2D eigenvalue weighted by Gasteiger charge is 2.34. The summed E-state index contributed by atoms with van der Waals surface area (Å²) in [5.41, 5.74) is 3.60. The van der Waals surface area contributed by atoms with E-state index in [4.69, 9.17) is 5.73 Å². The van der Waals surface area contributed by atoms with Gasteiger partial charge in [-0.15, -0.1) is 0 Å². The van der Waals surface area contributed by atoms with Gasteiger partial charge in [-0.1, -0.05) is 13.8 Å². The van der Waals surface area contributed by atoms with E-state index in [9.17, 15) is 18.0 Å². The maximum absolute atomic E-state index is 12.7. The molecule has 1 heterocycles. The van der Waals surface area contributed by atoms with Crippen LogP contribution < -0.4 is 5.73 Å². The maximum atomic E-state index is 12.7. The fourth-order valence-corrected chi connectivity index (χ4v) is 1.78. The smallest absolute Gasteiger partial charge is 0.369 e. The molecule has 0 fully saturated rings. The van der Waals surface area contributed by atoms with Crippen LogP contribution in [0, 0.1) is 5.41 Å². The van der Waals surface area contributed by atoms with E-state index in [1.54, 1.807) is 13.8 Å². The van der Waals surface area contributed by atoms with Crippen LogP contribution in [-0.4, -0.2) is 10.9 Å². The first-order chi connectivity index (χ1) is 8.04. The molecule has 0 atom stereocenters. The molecular formula is C11H12BrF3N2O. The molecule has 0 aliphatic rings. The SMILES string of the molecule is CC(C)(Cc1cc(C(F)(F)F)c(Br)cn1)C(N)=O. The number of nitrogens with zero attached hydrogens (tertiary/aromatic N) is 1. The molecule has 1 amide bonds. The minimum atomic E-state index is -4.46. The first kappa shape index (κ1) is 14.9. The molecule has 7 heteroatoms. The lowest BCUT2D eigenvalue weighted by atomic mass is 9.86. The quantitative estimate of drug-likeness (QED) is 0.929. The number of carbonyl (C=O) groups excluding carboxylic acids is 1. The first-order valence-corrected chi connectivity index (χ1v) is 5.85. The summed E-state index contributed by atoms with van der Waals surface area (Å²) in [5.74, 6) is -0.583. The molecule has 0 radical (unpaired) electrons. The van der Waals surface area contributed by atoms with Gasteiger partial charge >= 0.3 is 6.18 Å². The molecule has 1 aromatic rings. The average Bonchev–Trinajstić information content (AvgIpc) is 2.18. The van der Waals surface area contributed by atoms with Crippen molar-refractivity contribution < 1.29 is 18.0 Å². The highest BCUT2D eigenvalue weighted by atomic mass is 79.9. The van der Waals surface area contributed by atoms with Crippen molar-refractivity contribution in [3.05, 3.63) is 28.0 Å². The van der Waals surface area contributed by atoms with E-state index in [1.807, 2.05) is 0 Å². The molecule has 0 saturated carbocycles. The van der Waals surface area contributed by atoms with Gasteiger partial charge in [0.2, 0.25) is 5.91 Å². The van der Waals surface area contributed by atoms with Gasteiger partial charge in [0.1, 0.15) is 0 Å². The van der Waals surface area contributed by atoms with Crippen LogP contribution in [0.15, 0.2) is 16.7 Å². The number of rotatable bonds is 3. The van der Waals surface area contributed by atoms with Crippen molar-refractivity contribution in [3.63, 3.8) is 0 Å². The van der Waals surface area contributed by atoms with Crippen molar-refractivity contribution in [1.82, 2.24) is 4.98 Å². The summed E-state index contributed by atoms with van der Waals surface area (Å²) in [6.45, 7) is 3.12. The lowest BCUT2D eigenvalue weighted by molar-refractivity contribution is -0.138.